The van der Waals surface area contributed by atoms with Gasteiger partial charge in [0.25, 0.3) is 0 Å². The smallest absolute Gasteiger partial charge is 0.316 e. The van der Waals surface area contributed by atoms with Gasteiger partial charge in [0.15, 0.2) is 0 Å². The lowest BCUT2D eigenvalue weighted by atomic mass is 10.3. The molecular weight excluding hydrogens is 276 g/mol. The first-order chi connectivity index (χ1) is 9.72. The molecule has 0 saturated carbocycles. The summed E-state index contributed by atoms with van der Waals surface area (Å²) >= 11 is 6.16. The van der Waals surface area contributed by atoms with Crippen molar-refractivity contribution in [3.8, 4) is 6.01 Å². The molecule has 0 bridgehead atoms. The molecule has 1 saturated heterocycles. The summed E-state index contributed by atoms with van der Waals surface area (Å²) < 4.78 is 5.79. The van der Waals surface area contributed by atoms with E-state index in [0.717, 1.165) is 30.9 Å². The zero-order valence-corrected chi connectivity index (χ0v) is 11.9. The minimum atomic E-state index is 0.0655. The van der Waals surface area contributed by atoms with E-state index in [1.165, 1.54) is 0 Å². The number of halogens is 1. The van der Waals surface area contributed by atoms with E-state index < -0.39 is 0 Å². The molecule has 0 aliphatic carbocycles. The summed E-state index contributed by atoms with van der Waals surface area (Å²) in [6, 6.07) is 4.10. The van der Waals surface area contributed by atoms with Gasteiger partial charge in [0, 0.05) is 31.6 Å². The molecule has 3 heterocycles. The van der Waals surface area contributed by atoms with Crippen LogP contribution in [0.15, 0.2) is 30.7 Å². The van der Waals surface area contributed by atoms with Crippen molar-refractivity contribution in [1.82, 2.24) is 15.0 Å². The van der Waals surface area contributed by atoms with Crippen LogP contribution in [0.25, 0.3) is 0 Å². The lowest BCUT2D eigenvalue weighted by molar-refractivity contribution is 0.206. The van der Waals surface area contributed by atoms with Gasteiger partial charge in [-0.2, -0.15) is 0 Å². The Labute approximate surface area is 122 Å². The van der Waals surface area contributed by atoms with Gasteiger partial charge >= 0.3 is 6.01 Å². The number of hydrogen-bond acceptors (Lipinski definition) is 5. The standard InChI is InChI=1S/C14H15ClN4O/c1-10-7-17-14(18-8-10)20-11-4-6-19(9-11)13-12(15)3-2-5-16-13/h2-3,5,7-8,11H,4,6,9H2,1H3. The normalized spacial score (nSPS) is 18.3. The lowest BCUT2D eigenvalue weighted by Crippen LogP contribution is -2.25. The fraction of sp³-hybridized carbons (Fsp3) is 0.357. The second kappa shape index (κ2) is 5.63. The SMILES string of the molecule is Cc1cnc(OC2CCN(c3ncccc3Cl)C2)nc1. The van der Waals surface area contributed by atoms with Gasteiger partial charge in [-0.1, -0.05) is 11.6 Å². The summed E-state index contributed by atoms with van der Waals surface area (Å²) in [5.74, 6) is 0.810. The van der Waals surface area contributed by atoms with Crippen LogP contribution in [0.3, 0.4) is 0 Å². The first kappa shape index (κ1) is 13.1. The lowest BCUT2D eigenvalue weighted by Gasteiger charge is -2.18. The van der Waals surface area contributed by atoms with E-state index >= 15 is 0 Å². The third kappa shape index (κ3) is 2.82. The molecule has 0 aromatic carbocycles. The maximum absolute atomic E-state index is 6.16. The predicted octanol–water partition coefficient (Wildman–Crippen LogP) is 2.49. The molecule has 0 spiro atoms. The van der Waals surface area contributed by atoms with Crippen LogP contribution in [0.5, 0.6) is 6.01 Å². The summed E-state index contributed by atoms with van der Waals surface area (Å²) in [4.78, 5) is 14.8. The van der Waals surface area contributed by atoms with E-state index in [1.807, 2.05) is 19.1 Å². The second-order valence-corrected chi connectivity index (χ2v) is 5.23. The molecule has 0 amide bonds. The quantitative estimate of drug-likeness (QED) is 0.869. The number of anilines is 1. The molecule has 0 N–H and O–H groups in total. The van der Waals surface area contributed by atoms with E-state index in [1.54, 1.807) is 18.6 Å². The van der Waals surface area contributed by atoms with Crippen molar-refractivity contribution in [1.29, 1.82) is 0 Å². The Morgan fingerprint density at radius 3 is 2.85 bits per heavy atom. The highest BCUT2D eigenvalue weighted by Crippen LogP contribution is 2.26. The van der Waals surface area contributed by atoms with Gasteiger partial charge in [-0.15, -0.1) is 0 Å². The number of nitrogens with zero attached hydrogens (tertiary/aromatic N) is 4. The molecule has 5 nitrogen and oxygen atoms in total. The van der Waals surface area contributed by atoms with Gasteiger partial charge in [0.05, 0.1) is 11.6 Å². The first-order valence-corrected chi connectivity index (χ1v) is 6.91. The molecule has 3 rings (SSSR count). The van der Waals surface area contributed by atoms with E-state index in [4.69, 9.17) is 16.3 Å². The van der Waals surface area contributed by atoms with Gasteiger partial charge in [-0.05, 0) is 24.6 Å². The number of aromatic nitrogens is 3. The van der Waals surface area contributed by atoms with Crippen molar-refractivity contribution in [3.05, 3.63) is 41.3 Å². The molecule has 104 valence electrons. The van der Waals surface area contributed by atoms with Crippen molar-refractivity contribution in [2.75, 3.05) is 18.0 Å². The first-order valence-electron chi connectivity index (χ1n) is 6.53. The molecule has 6 heteroatoms. The summed E-state index contributed by atoms with van der Waals surface area (Å²) in [5.41, 5.74) is 1.02. The molecule has 1 aliphatic rings. The topological polar surface area (TPSA) is 51.1 Å². The van der Waals surface area contributed by atoms with Crippen LogP contribution >= 0.6 is 11.6 Å². The minimum absolute atomic E-state index is 0.0655. The maximum atomic E-state index is 6.16. The van der Waals surface area contributed by atoms with Crippen LogP contribution in [0, 0.1) is 6.92 Å². The van der Waals surface area contributed by atoms with Crippen molar-refractivity contribution >= 4 is 17.4 Å². The van der Waals surface area contributed by atoms with Gasteiger partial charge in [-0.25, -0.2) is 15.0 Å². The Kier molecular flexibility index (Phi) is 3.69. The van der Waals surface area contributed by atoms with Gasteiger partial charge in [-0.3, -0.25) is 0 Å². The fourth-order valence-electron chi connectivity index (χ4n) is 2.22. The number of hydrogen-bond donors (Lipinski definition) is 0. The van der Waals surface area contributed by atoms with Crippen LogP contribution in [-0.4, -0.2) is 34.1 Å². The Balaban J connectivity index is 1.65. The molecule has 1 atom stereocenters. The van der Waals surface area contributed by atoms with Crippen molar-refractivity contribution in [3.63, 3.8) is 0 Å². The van der Waals surface area contributed by atoms with Crippen LogP contribution in [0.1, 0.15) is 12.0 Å². The Morgan fingerprint density at radius 1 is 1.30 bits per heavy atom. The maximum Gasteiger partial charge on any atom is 0.316 e. The predicted molar refractivity (Wildman–Crippen MR) is 77.3 cm³/mol. The molecule has 2 aromatic rings. The van der Waals surface area contributed by atoms with Crippen LogP contribution in [-0.2, 0) is 0 Å². The monoisotopic (exact) mass is 290 g/mol. The summed E-state index contributed by atoms with van der Waals surface area (Å²) in [6.07, 6.45) is 6.23. The van der Waals surface area contributed by atoms with Gasteiger partial charge in [0.2, 0.25) is 0 Å². The highest BCUT2D eigenvalue weighted by Gasteiger charge is 2.26. The van der Waals surface area contributed by atoms with E-state index in [2.05, 4.69) is 19.9 Å². The van der Waals surface area contributed by atoms with E-state index in [9.17, 15) is 0 Å². The van der Waals surface area contributed by atoms with Crippen LogP contribution in [0.4, 0.5) is 5.82 Å². The minimum Gasteiger partial charge on any atom is -0.458 e. The van der Waals surface area contributed by atoms with Crippen molar-refractivity contribution in [2.45, 2.75) is 19.4 Å². The molecule has 20 heavy (non-hydrogen) atoms. The highest BCUT2D eigenvalue weighted by atomic mass is 35.5. The third-order valence-electron chi connectivity index (χ3n) is 3.21. The van der Waals surface area contributed by atoms with Crippen molar-refractivity contribution in [2.24, 2.45) is 0 Å². The van der Waals surface area contributed by atoms with Gasteiger partial charge in [0.1, 0.15) is 11.9 Å². The average Bonchev–Trinajstić information content (AvgIpc) is 2.90. The molecule has 0 radical (unpaired) electrons. The fourth-order valence-corrected chi connectivity index (χ4v) is 2.46. The van der Waals surface area contributed by atoms with Gasteiger partial charge < -0.3 is 9.64 Å². The average molecular weight is 291 g/mol. The summed E-state index contributed by atoms with van der Waals surface area (Å²) in [6.45, 7) is 3.56. The van der Waals surface area contributed by atoms with Crippen LogP contribution < -0.4 is 9.64 Å². The zero-order chi connectivity index (χ0) is 13.9. The summed E-state index contributed by atoms with van der Waals surface area (Å²) in [7, 11) is 0. The molecule has 1 unspecified atom stereocenters. The molecular formula is C14H15ClN4O. The Hall–Kier alpha value is -1.88. The van der Waals surface area contributed by atoms with E-state index in [-0.39, 0.29) is 6.10 Å². The largest absolute Gasteiger partial charge is 0.458 e. The van der Waals surface area contributed by atoms with Crippen molar-refractivity contribution < 1.29 is 4.74 Å². The Bertz CT molecular complexity index is 590. The molecule has 1 fully saturated rings. The highest BCUT2D eigenvalue weighted by molar-refractivity contribution is 6.32. The van der Waals surface area contributed by atoms with E-state index in [0.29, 0.717) is 11.0 Å². The van der Waals surface area contributed by atoms with Crippen LogP contribution in [0.2, 0.25) is 5.02 Å². The molecule has 1 aliphatic heterocycles. The number of ether oxygens (including phenoxy) is 1. The zero-order valence-electron chi connectivity index (χ0n) is 11.2. The third-order valence-corrected chi connectivity index (χ3v) is 3.51. The number of rotatable bonds is 3. The number of aryl methyl sites for hydroxylation is 1. The molecule has 2 aromatic heterocycles. The second-order valence-electron chi connectivity index (χ2n) is 4.83. The Morgan fingerprint density at radius 2 is 2.10 bits per heavy atom. The number of pyridine rings is 1. The summed E-state index contributed by atoms with van der Waals surface area (Å²) in [5, 5.41) is 0.666.